The summed E-state index contributed by atoms with van der Waals surface area (Å²) in [7, 11) is 0. The van der Waals surface area contributed by atoms with Crippen molar-refractivity contribution in [1.82, 2.24) is 5.32 Å². The highest BCUT2D eigenvalue weighted by Gasteiger charge is 2.47. The molecule has 1 aliphatic heterocycles. The molecular weight excluding hydrogens is 458 g/mol. The molecule has 1 heterocycles. The predicted octanol–water partition coefficient (Wildman–Crippen LogP) is 3.60. The summed E-state index contributed by atoms with van der Waals surface area (Å²) in [5.41, 5.74) is 2.99. The Labute approximate surface area is 212 Å². The van der Waals surface area contributed by atoms with Gasteiger partial charge in [0.05, 0.1) is 26.4 Å². The molecule has 190 valence electrons. The summed E-state index contributed by atoms with van der Waals surface area (Å²) in [5.74, 6) is -0.295. The quantitative estimate of drug-likeness (QED) is 0.426. The van der Waals surface area contributed by atoms with Crippen LogP contribution in [0.4, 0.5) is 0 Å². The molecule has 0 radical (unpaired) electrons. The van der Waals surface area contributed by atoms with Crippen LogP contribution >= 0.6 is 0 Å². The lowest BCUT2D eigenvalue weighted by Crippen LogP contribution is -2.65. The first kappa shape index (κ1) is 26.0. The number of hydrogen-bond acceptors (Lipinski definition) is 6. The molecule has 2 N–H and O–H groups in total. The van der Waals surface area contributed by atoms with Gasteiger partial charge in [-0.3, -0.25) is 4.79 Å². The van der Waals surface area contributed by atoms with Gasteiger partial charge in [0.1, 0.15) is 24.4 Å². The molecular formula is C29H33NO6. The number of rotatable bonds is 11. The monoisotopic (exact) mass is 491 g/mol. The van der Waals surface area contributed by atoms with E-state index in [1.165, 1.54) is 6.92 Å². The normalized spacial score (nSPS) is 23.8. The van der Waals surface area contributed by atoms with Gasteiger partial charge in [-0.15, -0.1) is 0 Å². The molecule has 0 bridgehead atoms. The van der Waals surface area contributed by atoms with Crippen LogP contribution in [0.1, 0.15) is 23.6 Å². The van der Waals surface area contributed by atoms with Crippen molar-refractivity contribution in [2.75, 3.05) is 6.61 Å². The number of amides is 1. The average molecular weight is 492 g/mol. The molecule has 0 aliphatic carbocycles. The van der Waals surface area contributed by atoms with E-state index in [0.29, 0.717) is 13.2 Å². The Balaban J connectivity index is 1.53. The lowest BCUT2D eigenvalue weighted by atomic mass is 9.96. The molecule has 1 fully saturated rings. The van der Waals surface area contributed by atoms with E-state index in [2.05, 4.69) is 5.32 Å². The Morgan fingerprint density at radius 3 is 1.75 bits per heavy atom. The van der Waals surface area contributed by atoms with Gasteiger partial charge in [-0.05, 0) is 16.7 Å². The SMILES string of the molecule is CC(=O)N[C@@H]1[C@H](OCc2ccccc2)[C@H](OCc2ccccc2)[C@H](COCc2ccccc2)O[C@@H]1O. The van der Waals surface area contributed by atoms with Gasteiger partial charge in [0.15, 0.2) is 6.29 Å². The minimum absolute atomic E-state index is 0.184. The lowest BCUT2D eigenvalue weighted by molar-refractivity contribution is -0.277. The Kier molecular flexibility index (Phi) is 9.61. The molecule has 3 aromatic carbocycles. The molecule has 1 saturated heterocycles. The standard InChI is InChI=1S/C29H33NO6/c1-21(31)30-26-28(35-19-24-15-9-4-10-16-24)27(34-18-23-13-7-3-8-14-23)25(36-29(26)32)20-33-17-22-11-5-2-6-12-22/h2-16,25-29,32H,17-20H2,1H3,(H,30,31)/t25-,26+,27+,28-,29-/m0/s1. The molecule has 0 unspecified atom stereocenters. The van der Waals surface area contributed by atoms with Crippen molar-refractivity contribution in [1.29, 1.82) is 0 Å². The number of nitrogens with one attached hydrogen (secondary N) is 1. The highest BCUT2D eigenvalue weighted by atomic mass is 16.7. The third-order valence-electron chi connectivity index (χ3n) is 6.00. The number of aliphatic hydroxyl groups is 1. The van der Waals surface area contributed by atoms with E-state index in [4.69, 9.17) is 18.9 Å². The molecule has 1 aliphatic rings. The van der Waals surface area contributed by atoms with Gasteiger partial charge in [-0.1, -0.05) is 91.0 Å². The minimum Gasteiger partial charge on any atom is -0.374 e. The maximum Gasteiger partial charge on any atom is 0.217 e. The molecule has 0 saturated carbocycles. The van der Waals surface area contributed by atoms with Gasteiger partial charge in [0, 0.05) is 6.92 Å². The second kappa shape index (κ2) is 13.3. The molecule has 1 amide bonds. The summed E-state index contributed by atoms with van der Waals surface area (Å²) in [6.07, 6.45) is -3.17. The van der Waals surface area contributed by atoms with Gasteiger partial charge >= 0.3 is 0 Å². The molecule has 0 spiro atoms. The summed E-state index contributed by atoms with van der Waals surface area (Å²) < 4.78 is 24.6. The van der Waals surface area contributed by atoms with E-state index in [1.54, 1.807) is 0 Å². The highest BCUT2D eigenvalue weighted by molar-refractivity contribution is 5.73. The topological polar surface area (TPSA) is 86.3 Å². The van der Waals surface area contributed by atoms with Crippen molar-refractivity contribution >= 4 is 5.91 Å². The average Bonchev–Trinajstić information content (AvgIpc) is 2.90. The van der Waals surface area contributed by atoms with Gasteiger partial charge in [0.25, 0.3) is 0 Å². The van der Waals surface area contributed by atoms with Crippen LogP contribution in [0.15, 0.2) is 91.0 Å². The molecule has 7 heteroatoms. The Morgan fingerprint density at radius 1 is 0.778 bits per heavy atom. The van der Waals surface area contributed by atoms with E-state index in [0.717, 1.165) is 16.7 Å². The predicted molar refractivity (Wildman–Crippen MR) is 135 cm³/mol. The zero-order valence-electron chi connectivity index (χ0n) is 20.4. The molecule has 3 aromatic rings. The summed E-state index contributed by atoms with van der Waals surface area (Å²) in [5, 5.41) is 13.6. The fourth-order valence-electron chi connectivity index (χ4n) is 4.24. The zero-order valence-corrected chi connectivity index (χ0v) is 20.4. The van der Waals surface area contributed by atoms with E-state index in [1.807, 2.05) is 91.0 Å². The van der Waals surface area contributed by atoms with Crippen molar-refractivity contribution < 1.29 is 28.8 Å². The van der Waals surface area contributed by atoms with Crippen molar-refractivity contribution in [3.8, 4) is 0 Å². The number of ether oxygens (including phenoxy) is 4. The maximum absolute atomic E-state index is 12.0. The lowest BCUT2D eigenvalue weighted by Gasteiger charge is -2.44. The second-order valence-corrected chi connectivity index (χ2v) is 8.81. The number of benzene rings is 3. The fourth-order valence-corrected chi connectivity index (χ4v) is 4.24. The van der Waals surface area contributed by atoms with Crippen LogP contribution in [0, 0.1) is 0 Å². The summed E-state index contributed by atoms with van der Waals surface area (Å²) in [6, 6.07) is 28.6. The van der Waals surface area contributed by atoms with E-state index < -0.39 is 30.6 Å². The maximum atomic E-state index is 12.0. The van der Waals surface area contributed by atoms with Crippen LogP contribution in [-0.2, 0) is 43.6 Å². The third kappa shape index (κ3) is 7.46. The highest BCUT2D eigenvalue weighted by Crippen LogP contribution is 2.27. The number of aliphatic hydroxyl groups excluding tert-OH is 1. The van der Waals surface area contributed by atoms with Gasteiger partial charge in [-0.2, -0.15) is 0 Å². The van der Waals surface area contributed by atoms with Crippen LogP contribution < -0.4 is 5.32 Å². The zero-order chi connectivity index (χ0) is 25.2. The molecule has 36 heavy (non-hydrogen) atoms. The van der Waals surface area contributed by atoms with Gasteiger partial charge in [-0.25, -0.2) is 0 Å². The summed E-state index contributed by atoms with van der Waals surface area (Å²) in [6.45, 7) is 2.58. The first-order valence-corrected chi connectivity index (χ1v) is 12.1. The smallest absolute Gasteiger partial charge is 0.217 e. The van der Waals surface area contributed by atoms with Crippen molar-refractivity contribution in [2.24, 2.45) is 0 Å². The number of hydrogen-bond donors (Lipinski definition) is 2. The molecule has 7 nitrogen and oxygen atoms in total. The first-order chi connectivity index (χ1) is 17.6. The molecule has 0 aromatic heterocycles. The molecule has 4 rings (SSSR count). The first-order valence-electron chi connectivity index (χ1n) is 12.1. The van der Waals surface area contributed by atoms with E-state index in [-0.39, 0.29) is 19.1 Å². The van der Waals surface area contributed by atoms with Crippen molar-refractivity contribution in [2.45, 2.75) is 57.4 Å². The van der Waals surface area contributed by atoms with Crippen LogP contribution in [0.3, 0.4) is 0 Å². The second-order valence-electron chi connectivity index (χ2n) is 8.81. The van der Waals surface area contributed by atoms with Crippen LogP contribution in [0.25, 0.3) is 0 Å². The summed E-state index contributed by atoms with van der Waals surface area (Å²) >= 11 is 0. The van der Waals surface area contributed by atoms with Gasteiger partial charge in [0.2, 0.25) is 5.91 Å². The number of carbonyl (C=O) groups excluding carboxylic acids is 1. The third-order valence-corrected chi connectivity index (χ3v) is 6.00. The minimum atomic E-state index is -1.28. The Hall–Kier alpha value is -3.07. The van der Waals surface area contributed by atoms with E-state index >= 15 is 0 Å². The van der Waals surface area contributed by atoms with Crippen LogP contribution in [-0.4, -0.2) is 48.3 Å². The Morgan fingerprint density at radius 2 is 1.25 bits per heavy atom. The Bertz CT molecular complexity index is 1050. The fraction of sp³-hybridized carbons (Fsp3) is 0.345. The van der Waals surface area contributed by atoms with Crippen molar-refractivity contribution in [3.05, 3.63) is 108 Å². The number of carbonyl (C=O) groups is 1. The van der Waals surface area contributed by atoms with E-state index in [9.17, 15) is 9.90 Å². The van der Waals surface area contributed by atoms with Crippen LogP contribution in [0.5, 0.6) is 0 Å². The van der Waals surface area contributed by atoms with Crippen molar-refractivity contribution in [3.63, 3.8) is 0 Å². The van der Waals surface area contributed by atoms with Gasteiger partial charge < -0.3 is 29.4 Å². The molecule has 5 atom stereocenters. The largest absolute Gasteiger partial charge is 0.374 e. The van der Waals surface area contributed by atoms with Crippen LogP contribution in [0.2, 0.25) is 0 Å². The summed E-state index contributed by atoms with van der Waals surface area (Å²) in [4.78, 5) is 12.0.